The Balaban J connectivity index is 1.41. The van der Waals surface area contributed by atoms with Crippen LogP contribution in [0.25, 0.3) is 11.0 Å². The summed E-state index contributed by atoms with van der Waals surface area (Å²) >= 11 is 6.29. The smallest absolute Gasteiger partial charge is 0.462 e. The number of carbonyl (C=O) groups is 1. The number of furan rings is 1. The van der Waals surface area contributed by atoms with Crippen molar-refractivity contribution in [2.75, 3.05) is 0 Å². The van der Waals surface area contributed by atoms with Crippen LogP contribution in [0.1, 0.15) is 52.5 Å². The van der Waals surface area contributed by atoms with Gasteiger partial charge in [0.25, 0.3) is 0 Å². The van der Waals surface area contributed by atoms with Crippen LogP contribution in [0.15, 0.2) is 28.9 Å². The zero-order valence-corrected chi connectivity index (χ0v) is 19.2. The van der Waals surface area contributed by atoms with Gasteiger partial charge in [-0.3, -0.25) is 4.79 Å². The molecule has 3 aliphatic heterocycles. The molecule has 2 bridgehead atoms. The number of hydrogen-bond acceptors (Lipinski definition) is 5. The summed E-state index contributed by atoms with van der Waals surface area (Å²) in [5, 5.41) is 4.74. The van der Waals surface area contributed by atoms with Crippen molar-refractivity contribution in [1.29, 1.82) is 0 Å². The molecule has 0 radical (unpaired) electrons. The van der Waals surface area contributed by atoms with Gasteiger partial charge in [-0.2, -0.15) is 0 Å². The molecule has 4 atom stereocenters. The van der Waals surface area contributed by atoms with Gasteiger partial charge in [0.2, 0.25) is 5.91 Å². The minimum atomic E-state index is -0.572. The number of para-hydroxylation sites is 1. The summed E-state index contributed by atoms with van der Waals surface area (Å²) in [5.74, 6) is -0.468. The number of rotatable bonds is 5. The van der Waals surface area contributed by atoms with Crippen LogP contribution in [0.3, 0.4) is 0 Å². The van der Waals surface area contributed by atoms with E-state index in [1.54, 1.807) is 12.3 Å². The van der Waals surface area contributed by atoms with E-state index in [0.717, 1.165) is 30.2 Å². The molecule has 1 N–H and O–H groups in total. The Hall–Kier alpha value is -1.54. The van der Waals surface area contributed by atoms with Crippen molar-refractivity contribution < 1.29 is 23.3 Å². The van der Waals surface area contributed by atoms with E-state index in [1.165, 1.54) is 0 Å². The standard InChI is InChI=1S/C23H29BClNO5/c1-22(2)23(3,4)31-24(30-22)19(26-21(27)16-11-14-8-9-18(16)29-14)10-13-12-28-20-15(13)6-5-7-17(20)25/h5-7,12,14,16,18-19H,8-11H2,1-4H3,(H,26,27)/t14-,16-,18+,19+/m1/s1. The van der Waals surface area contributed by atoms with Crippen molar-refractivity contribution in [3.8, 4) is 0 Å². The lowest BCUT2D eigenvalue weighted by atomic mass is 9.74. The van der Waals surface area contributed by atoms with Gasteiger partial charge in [0.15, 0.2) is 5.58 Å². The molecule has 3 saturated heterocycles. The highest BCUT2D eigenvalue weighted by Crippen LogP contribution is 2.40. The first kappa shape index (κ1) is 21.3. The fourth-order valence-corrected chi connectivity index (χ4v) is 5.16. The maximum absolute atomic E-state index is 13.2. The summed E-state index contributed by atoms with van der Waals surface area (Å²) in [4.78, 5) is 13.2. The Bertz CT molecular complexity index is 989. The Morgan fingerprint density at radius 3 is 2.61 bits per heavy atom. The van der Waals surface area contributed by atoms with E-state index < -0.39 is 18.3 Å². The zero-order valence-electron chi connectivity index (χ0n) is 18.4. The summed E-state index contributed by atoms with van der Waals surface area (Å²) in [6, 6.07) is 5.69. The highest BCUT2D eigenvalue weighted by Gasteiger charge is 2.55. The van der Waals surface area contributed by atoms with Crippen LogP contribution in [0.4, 0.5) is 0 Å². The van der Waals surface area contributed by atoms with Crippen LogP contribution < -0.4 is 5.32 Å². The van der Waals surface area contributed by atoms with E-state index in [4.69, 9.17) is 30.1 Å². The van der Waals surface area contributed by atoms with Crippen LogP contribution in [-0.2, 0) is 25.3 Å². The molecule has 8 heteroatoms. The summed E-state index contributed by atoms with van der Waals surface area (Å²) in [7, 11) is -0.572. The lowest BCUT2D eigenvalue weighted by molar-refractivity contribution is -0.127. The molecular weight excluding hydrogens is 417 g/mol. The highest BCUT2D eigenvalue weighted by molar-refractivity contribution is 6.48. The molecule has 2 aromatic rings. The third-order valence-corrected chi connectivity index (χ3v) is 7.74. The van der Waals surface area contributed by atoms with Gasteiger partial charge in [-0.1, -0.05) is 23.7 Å². The Morgan fingerprint density at radius 1 is 1.23 bits per heavy atom. The summed E-state index contributed by atoms with van der Waals surface area (Å²) < 4.78 is 24.2. The number of ether oxygens (including phenoxy) is 1. The third-order valence-electron chi connectivity index (χ3n) is 7.44. The average molecular weight is 446 g/mol. The van der Waals surface area contributed by atoms with Gasteiger partial charge in [0.1, 0.15) is 0 Å². The van der Waals surface area contributed by atoms with Gasteiger partial charge in [-0.15, -0.1) is 0 Å². The first-order valence-electron chi connectivity index (χ1n) is 11.1. The third kappa shape index (κ3) is 3.69. The van der Waals surface area contributed by atoms with Gasteiger partial charge in [-0.05, 0) is 65.0 Å². The number of hydrogen-bond donors (Lipinski definition) is 1. The monoisotopic (exact) mass is 445 g/mol. The summed E-state index contributed by atoms with van der Waals surface area (Å²) in [6.45, 7) is 8.07. The van der Waals surface area contributed by atoms with Crippen molar-refractivity contribution >= 4 is 35.6 Å². The van der Waals surface area contributed by atoms with E-state index in [1.807, 2.05) is 39.8 Å². The molecule has 0 saturated carbocycles. The predicted molar refractivity (Wildman–Crippen MR) is 119 cm³/mol. The molecule has 5 rings (SSSR count). The molecule has 1 aromatic carbocycles. The van der Waals surface area contributed by atoms with E-state index in [0.29, 0.717) is 17.0 Å². The van der Waals surface area contributed by atoms with Crippen LogP contribution in [0.2, 0.25) is 5.02 Å². The van der Waals surface area contributed by atoms with Crippen molar-refractivity contribution in [1.82, 2.24) is 5.32 Å². The normalized spacial score (nSPS) is 29.6. The topological polar surface area (TPSA) is 69.9 Å². The highest BCUT2D eigenvalue weighted by atomic mass is 35.5. The van der Waals surface area contributed by atoms with Crippen LogP contribution in [-0.4, -0.2) is 42.4 Å². The number of benzene rings is 1. The molecule has 31 heavy (non-hydrogen) atoms. The molecule has 3 fully saturated rings. The second-order valence-electron chi connectivity index (χ2n) is 10.0. The van der Waals surface area contributed by atoms with Crippen LogP contribution in [0.5, 0.6) is 0 Å². The number of fused-ring (bicyclic) bond motifs is 3. The van der Waals surface area contributed by atoms with E-state index in [-0.39, 0.29) is 30.0 Å². The molecule has 0 unspecified atom stereocenters. The second kappa shape index (κ2) is 7.51. The lowest BCUT2D eigenvalue weighted by Crippen LogP contribution is -2.52. The van der Waals surface area contributed by atoms with E-state index in [9.17, 15) is 4.79 Å². The summed E-state index contributed by atoms with van der Waals surface area (Å²) in [6.07, 6.45) is 5.26. The number of nitrogens with one attached hydrogen (secondary N) is 1. The van der Waals surface area contributed by atoms with E-state index >= 15 is 0 Å². The molecule has 6 nitrogen and oxygen atoms in total. The van der Waals surface area contributed by atoms with Crippen molar-refractivity contribution in [3.63, 3.8) is 0 Å². The number of amides is 1. The fraction of sp³-hybridized carbons (Fsp3) is 0.609. The van der Waals surface area contributed by atoms with Crippen LogP contribution >= 0.6 is 11.6 Å². The van der Waals surface area contributed by atoms with Crippen molar-refractivity contribution in [3.05, 3.63) is 35.0 Å². The van der Waals surface area contributed by atoms with Gasteiger partial charge in [0, 0.05) is 5.39 Å². The molecule has 3 aliphatic rings. The van der Waals surface area contributed by atoms with Crippen molar-refractivity contribution in [2.45, 2.75) is 82.7 Å². The predicted octanol–water partition coefficient (Wildman–Crippen LogP) is 4.31. The molecular formula is C23H29BClNO5. The minimum absolute atomic E-state index is 0.0118. The number of halogens is 1. The minimum Gasteiger partial charge on any atom is -0.462 e. The quantitative estimate of drug-likeness (QED) is 0.694. The van der Waals surface area contributed by atoms with Gasteiger partial charge >= 0.3 is 7.12 Å². The number of carbonyl (C=O) groups excluding carboxylic acids is 1. The lowest BCUT2D eigenvalue weighted by Gasteiger charge is -2.32. The Labute approximate surface area is 188 Å². The maximum atomic E-state index is 13.2. The van der Waals surface area contributed by atoms with Gasteiger partial charge in [0.05, 0.1) is 46.6 Å². The van der Waals surface area contributed by atoms with Gasteiger partial charge < -0.3 is 23.8 Å². The second-order valence-corrected chi connectivity index (χ2v) is 10.4. The fourth-order valence-electron chi connectivity index (χ4n) is 4.94. The molecule has 0 spiro atoms. The maximum Gasteiger partial charge on any atom is 0.482 e. The molecule has 166 valence electrons. The first-order chi connectivity index (χ1) is 14.6. The van der Waals surface area contributed by atoms with E-state index in [2.05, 4.69) is 5.32 Å². The van der Waals surface area contributed by atoms with Crippen molar-refractivity contribution in [2.24, 2.45) is 5.92 Å². The molecule has 4 heterocycles. The largest absolute Gasteiger partial charge is 0.482 e. The SMILES string of the molecule is CC1(C)OB([C@H](Cc2coc3c(Cl)cccc23)NC(=O)[C@@H]2C[C@H]3CC[C@@H]2O3)OC1(C)C. The Kier molecular flexibility index (Phi) is 5.17. The molecule has 0 aliphatic carbocycles. The average Bonchev–Trinajstić information content (AvgIpc) is 3.45. The van der Waals surface area contributed by atoms with Gasteiger partial charge in [-0.25, -0.2) is 0 Å². The summed E-state index contributed by atoms with van der Waals surface area (Å²) in [5.41, 5.74) is 0.636. The van der Waals surface area contributed by atoms with Crippen LogP contribution in [0, 0.1) is 5.92 Å². The zero-order chi connectivity index (χ0) is 22.0. The first-order valence-corrected chi connectivity index (χ1v) is 11.5. The molecule has 1 amide bonds. The Morgan fingerprint density at radius 2 is 1.97 bits per heavy atom. The molecule has 1 aromatic heterocycles.